The summed E-state index contributed by atoms with van der Waals surface area (Å²) < 4.78 is 0. The summed E-state index contributed by atoms with van der Waals surface area (Å²) in [5.74, 6) is 0.239. The van der Waals surface area contributed by atoms with E-state index in [2.05, 4.69) is 4.98 Å². The zero-order chi connectivity index (χ0) is 11.4. The molecule has 0 radical (unpaired) electrons. The van der Waals surface area contributed by atoms with Crippen LogP contribution in [0.2, 0.25) is 0 Å². The van der Waals surface area contributed by atoms with Gasteiger partial charge in [0.05, 0.1) is 4.90 Å². The molecule has 0 unspecified atom stereocenters. The fourth-order valence-corrected chi connectivity index (χ4v) is 2.08. The Bertz CT molecular complexity index is 549. The highest BCUT2D eigenvalue weighted by atomic mass is 32.2. The second-order valence-corrected chi connectivity index (χ2v) is 4.17. The zero-order valence-corrected chi connectivity index (χ0v) is 9.11. The third-order valence-corrected chi connectivity index (χ3v) is 2.99. The first kappa shape index (κ1) is 10.5. The molecule has 0 amide bonds. The Kier molecular flexibility index (Phi) is 3.08. The van der Waals surface area contributed by atoms with Gasteiger partial charge in [0.15, 0.2) is 0 Å². The molecule has 1 aromatic carbocycles. The third kappa shape index (κ3) is 2.33. The van der Waals surface area contributed by atoms with Crippen LogP contribution in [0.1, 0.15) is 5.69 Å². The van der Waals surface area contributed by atoms with Crippen LogP contribution in [0.5, 0.6) is 5.75 Å². The van der Waals surface area contributed by atoms with Crippen molar-refractivity contribution in [2.45, 2.75) is 9.79 Å². The van der Waals surface area contributed by atoms with Crippen LogP contribution >= 0.6 is 11.8 Å². The van der Waals surface area contributed by atoms with Crippen molar-refractivity contribution in [2.75, 3.05) is 0 Å². The molecule has 2 rings (SSSR count). The number of rotatable bonds is 2. The Balaban J connectivity index is 2.28. The fraction of sp³-hybridized carbons (Fsp3) is 0. The summed E-state index contributed by atoms with van der Waals surface area (Å²) in [5.41, 5.74) is 0.375. The second kappa shape index (κ2) is 4.69. The summed E-state index contributed by atoms with van der Waals surface area (Å²) in [5, 5.41) is 18.3. The van der Waals surface area contributed by atoms with E-state index in [1.54, 1.807) is 30.5 Å². The van der Waals surface area contributed by atoms with Crippen molar-refractivity contribution in [3.05, 3.63) is 48.3 Å². The molecule has 0 fully saturated rings. The lowest BCUT2D eigenvalue weighted by molar-refractivity contribution is 0.462. The van der Waals surface area contributed by atoms with Crippen LogP contribution in [-0.2, 0) is 0 Å². The Hall–Kier alpha value is -1.99. The summed E-state index contributed by atoms with van der Waals surface area (Å²) in [4.78, 5) is 5.53. The molecule has 16 heavy (non-hydrogen) atoms. The minimum atomic E-state index is 0.239. The number of para-hydroxylation sites is 1. The van der Waals surface area contributed by atoms with Gasteiger partial charge in [0, 0.05) is 11.1 Å². The lowest BCUT2D eigenvalue weighted by Gasteiger charge is -2.03. The number of hydrogen-bond acceptors (Lipinski definition) is 4. The number of hydrogen-bond donors (Lipinski definition) is 1. The van der Waals surface area contributed by atoms with Gasteiger partial charge in [-0.2, -0.15) is 5.26 Å². The molecule has 3 nitrogen and oxygen atoms in total. The summed E-state index contributed by atoms with van der Waals surface area (Å²) in [6.07, 6.45) is 1.58. The minimum Gasteiger partial charge on any atom is -0.507 e. The molecular weight excluding hydrogens is 220 g/mol. The number of nitriles is 1. The highest BCUT2D eigenvalue weighted by Crippen LogP contribution is 2.33. The van der Waals surface area contributed by atoms with Crippen molar-refractivity contribution in [1.29, 1.82) is 5.26 Å². The number of phenols is 1. The van der Waals surface area contributed by atoms with Crippen molar-refractivity contribution in [2.24, 2.45) is 0 Å². The number of benzene rings is 1. The highest BCUT2D eigenvalue weighted by molar-refractivity contribution is 7.99. The number of phenolic OH excluding ortho intramolecular Hbond substituents is 1. The van der Waals surface area contributed by atoms with Gasteiger partial charge in [0.1, 0.15) is 17.5 Å². The first-order valence-corrected chi connectivity index (χ1v) is 5.43. The molecule has 0 atom stereocenters. The lowest BCUT2D eigenvalue weighted by Crippen LogP contribution is -1.82. The number of aromatic hydroxyl groups is 1. The van der Waals surface area contributed by atoms with Crippen LogP contribution < -0.4 is 0 Å². The Morgan fingerprint density at radius 1 is 1.25 bits per heavy atom. The highest BCUT2D eigenvalue weighted by Gasteiger charge is 2.03. The molecule has 0 bridgehead atoms. The zero-order valence-electron chi connectivity index (χ0n) is 8.29. The predicted molar refractivity (Wildman–Crippen MR) is 61.2 cm³/mol. The SMILES string of the molecule is N#Cc1cc(Sc2ccccc2O)ccn1. The molecule has 1 aromatic heterocycles. The molecule has 4 heteroatoms. The minimum absolute atomic E-state index is 0.239. The van der Waals surface area contributed by atoms with Crippen molar-refractivity contribution in [3.8, 4) is 11.8 Å². The molecule has 2 aromatic rings. The van der Waals surface area contributed by atoms with Gasteiger partial charge in [-0.05, 0) is 24.3 Å². The molecule has 0 aliphatic carbocycles. The van der Waals surface area contributed by atoms with Crippen LogP contribution in [0.15, 0.2) is 52.4 Å². The molecule has 0 aliphatic rings. The van der Waals surface area contributed by atoms with Gasteiger partial charge in [-0.25, -0.2) is 4.98 Å². The summed E-state index contributed by atoms with van der Waals surface area (Å²) in [6, 6.07) is 12.6. The Labute approximate surface area is 97.4 Å². The Morgan fingerprint density at radius 2 is 2.06 bits per heavy atom. The predicted octanol–water partition coefficient (Wildman–Crippen LogP) is 2.81. The topological polar surface area (TPSA) is 56.9 Å². The quantitative estimate of drug-likeness (QED) is 0.858. The normalized spacial score (nSPS) is 9.69. The fourth-order valence-electron chi connectivity index (χ4n) is 1.21. The van der Waals surface area contributed by atoms with Gasteiger partial charge in [-0.15, -0.1) is 0 Å². The lowest BCUT2D eigenvalue weighted by atomic mass is 10.3. The van der Waals surface area contributed by atoms with Crippen LogP contribution in [0.4, 0.5) is 0 Å². The maximum atomic E-state index is 9.60. The maximum Gasteiger partial charge on any atom is 0.141 e. The van der Waals surface area contributed by atoms with Gasteiger partial charge < -0.3 is 5.11 Å². The molecule has 1 heterocycles. The van der Waals surface area contributed by atoms with E-state index < -0.39 is 0 Å². The van der Waals surface area contributed by atoms with Crippen LogP contribution in [0.25, 0.3) is 0 Å². The smallest absolute Gasteiger partial charge is 0.141 e. The van der Waals surface area contributed by atoms with E-state index in [1.807, 2.05) is 18.2 Å². The largest absolute Gasteiger partial charge is 0.507 e. The first-order valence-electron chi connectivity index (χ1n) is 4.61. The van der Waals surface area contributed by atoms with Crippen LogP contribution in [0.3, 0.4) is 0 Å². The van der Waals surface area contributed by atoms with Gasteiger partial charge in [-0.1, -0.05) is 23.9 Å². The van der Waals surface area contributed by atoms with Gasteiger partial charge >= 0.3 is 0 Å². The number of nitrogens with zero attached hydrogens (tertiary/aromatic N) is 2. The Morgan fingerprint density at radius 3 is 2.81 bits per heavy atom. The van der Waals surface area contributed by atoms with Crippen molar-refractivity contribution in [1.82, 2.24) is 4.98 Å². The molecule has 0 saturated heterocycles. The van der Waals surface area contributed by atoms with Crippen molar-refractivity contribution in [3.63, 3.8) is 0 Å². The molecular formula is C12H8N2OS. The molecule has 1 N–H and O–H groups in total. The average molecular weight is 228 g/mol. The van der Waals surface area contributed by atoms with Crippen LogP contribution in [0, 0.1) is 11.3 Å². The first-order chi connectivity index (χ1) is 7.79. The van der Waals surface area contributed by atoms with Crippen molar-refractivity contribution >= 4 is 11.8 Å². The van der Waals surface area contributed by atoms with E-state index in [9.17, 15) is 5.11 Å². The molecule has 0 spiro atoms. The van der Waals surface area contributed by atoms with Gasteiger partial charge in [0.25, 0.3) is 0 Å². The molecule has 78 valence electrons. The van der Waals surface area contributed by atoms with Gasteiger partial charge in [-0.3, -0.25) is 0 Å². The summed E-state index contributed by atoms with van der Waals surface area (Å²) >= 11 is 1.40. The van der Waals surface area contributed by atoms with E-state index in [-0.39, 0.29) is 5.75 Å². The summed E-state index contributed by atoms with van der Waals surface area (Å²) in [6.45, 7) is 0. The van der Waals surface area contributed by atoms with Gasteiger partial charge in [0.2, 0.25) is 0 Å². The average Bonchev–Trinajstić information content (AvgIpc) is 2.32. The summed E-state index contributed by atoms with van der Waals surface area (Å²) in [7, 11) is 0. The second-order valence-electron chi connectivity index (χ2n) is 3.06. The van der Waals surface area contributed by atoms with E-state index in [4.69, 9.17) is 5.26 Å². The van der Waals surface area contributed by atoms with E-state index in [0.29, 0.717) is 5.69 Å². The molecule has 0 saturated carbocycles. The maximum absolute atomic E-state index is 9.60. The van der Waals surface area contributed by atoms with E-state index >= 15 is 0 Å². The van der Waals surface area contributed by atoms with E-state index in [1.165, 1.54) is 11.8 Å². The number of pyridine rings is 1. The van der Waals surface area contributed by atoms with Crippen molar-refractivity contribution < 1.29 is 5.11 Å². The standard InChI is InChI=1S/C12H8N2OS/c13-8-9-7-10(5-6-14-9)16-12-4-2-1-3-11(12)15/h1-7,15H. The van der Waals surface area contributed by atoms with Crippen LogP contribution in [-0.4, -0.2) is 10.1 Å². The van der Waals surface area contributed by atoms with E-state index in [0.717, 1.165) is 9.79 Å². The third-order valence-electron chi connectivity index (χ3n) is 1.94. The monoisotopic (exact) mass is 228 g/mol. The molecule has 0 aliphatic heterocycles. The number of aromatic nitrogens is 1.